The van der Waals surface area contributed by atoms with E-state index in [0.29, 0.717) is 35.9 Å². The minimum absolute atomic E-state index is 0.148. The lowest BCUT2D eigenvalue weighted by atomic mass is 10.2. The van der Waals surface area contributed by atoms with Gasteiger partial charge in [-0.2, -0.15) is 4.31 Å². The van der Waals surface area contributed by atoms with Crippen molar-refractivity contribution in [3.8, 4) is 11.4 Å². The Morgan fingerprint density at radius 1 is 1.21 bits per heavy atom. The molecule has 1 aromatic heterocycles. The van der Waals surface area contributed by atoms with Gasteiger partial charge in [-0.15, -0.1) is 0 Å². The van der Waals surface area contributed by atoms with Crippen LogP contribution in [0.2, 0.25) is 0 Å². The number of sulfonamides is 1. The van der Waals surface area contributed by atoms with E-state index in [4.69, 9.17) is 14.5 Å². The van der Waals surface area contributed by atoms with Crippen molar-refractivity contribution < 1.29 is 22.7 Å². The van der Waals surface area contributed by atoms with Crippen LogP contribution in [0, 0.1) is 0 Å². The number of ether oxygens (including phenoxy) is 2. The van der Waals surface area contributed by atoms with Gasteiger partial charge in [0.25, 0.3) is 0 Å². The summed E-state index contributed by atoms with van der Waals surface area (Å²) in [7, 11) is -2.04. The molecule has 4 rings (SSSR count). The number of carbonyl (C=O) groups is 1. The summed E-state index contributed by atoms with van der Waals surface area (Å²) in [6.45, 7) is 6.26. The first-order valence-corrected chi connectivity index (χ1v) is 13.1. The second-order valence-electron chi connectivity index (χ2n) is 7.73. The van der Waals surface area contributed by atoms with Crippen molar-refractivity contribution in [1.29, 1.82) is 0 Å². The summed E-state index contributed by atoms with van der Waals surface area (Å²) in [5.74, 6) is 0.372. The van der Waals surface area contributed by atoms with Gasteiger partial charge in [0.05, 0.1) is 28.7 Å². The molecule has 1 fully saturated rings. The molecule has 0 radical (unpaired) electrons. The van der Waals surface area contributed by atoms with Gasteiger partial charge in [-0.3, -0.25) is 9.36 Å². The number of para-hydroxylation sites is 2. The number of carbonyl (C=O) groups excluding carboxylic acids is 1. The molecule has 1 aliphatic heterocycles. The summed E-state index contributed by atoms with van der Waals surface area (Å²) >= 11 is 1.32. The summed E-state index contributed by atoms with van der Waals surface area (Å²) in [4.78, 5) is 17.3. The SMILES string of the molecule is CCN(CC)S(=O)(=O)c1ccc2c(c1)nc(S[C@H]1C[C@H](C)OC1=O)n2-c1ccccc1OC. The van der Waals surface area contributed by atoms with Gasteiger partial charge < -0.3 is 9.47 Å². The van der Waals surface area contributed by atoms with Gasteiger partial charge in [0.1, 0.15) is 17.1 Å². The van der Waals surface area contributed by atoms with Crippen molar-refractivity contribution in [2.45, 2.75) is 48.6 Å². The first-order valence-electron chi connectivity index (χ1n) is 10.8. The lowest BCUT2D eigenvalue weighted by Gasteiger charge is -2.18. The molecular formula is C23H27N3O5S2. The first kappa shape index (κ1) is 23.6. The van der Waals surface area contributed by atoms with Gasteiger partial charge >= 0.3 is 5.97 Å². The fourth-order valence-electron chi connectivity index (χ4n) is 3.98. The van der Waals surface area contributed by atoms with Crippen molar-refractivity contribution in [3.05, 3.63) is 42.5 Å². The third-order valence-electron chi connectivity index (χ3n) is 5.64. The number of thioether (sulfide) groups is 1. The summed E-state index contributed by atoms with van der Waals surface area (Å²) < 4.78 is 40.3. The average Bonchev–Trinajstić information content (AvgIpc) is 3.31. The molecule has 0 amide bonds. The van der Waals surface area contributed by atoms with E-state index in [1.807, 2.05) is 49.6 Å². The number of hydrogen-bond donors (Lipinski definition) is 0. The van der Waals surface area contributed by atoms with Gasteiger partial charge in [0.15, 0.2) is 5.16 Å². The Morgan fingerprint density at radius 3 is 2.58 bits per heavy atom. The molecule has 0 saturated carbocycles. The molecule has 8 nitrogen and oxygen atoms in total. The second kappa shape index (κ2) is 9.36. The van der Waals surface area contributed by atoms with E-state index in [1.165, 1.54) is 16.1 Å². The third-order valence-corrected chi connectivity index (χ3v) is 8.84. The molecule has 3 aromatic rings. The predicted molar refractivity (Wildman–Crippen MR) is 128 cm³/mol. The smallest absolute Gasteiger partial charge is 0.319 e. The van der Waals surface area contributed by atoms with E-state index in [2.05, 4.69) is 0 Å². The zero-order valence-electron chi connectivity index (χ0n) is 19.0. The van der Waals surface area contributed by atoms with Crippen LogP contribution in [-0.2, 0) is 19.6 Å². The maximum absolute atomic E-state index is 13.1. The molecule has 1 saturated heterocycles. The number of fused-ring (bicyclic) bond motifs is 1. The number of nitrogens with zero attached hydrogens (tertiary/aromatic N) is 3. The molecule has 2 heterocycles. The van der Waals surface area contributed by atoms with E-state index in [1.54, 1.807) is 25.3 Å². The van der Waals surface area contributed by atoms with Crippen LogP contribution in [0.3, 0.4) is 0 Å². The van der Waals surface area contributed by atoms with Gasteiger partial charge in [-0.05, 0) is 37.3 Å². The van der Waals surface area contributed by atoms with Crippen LogP contribution in [0.4, 0.5) is 0 Å². The Bertz CT molecular complexity index is 1280. The van der Waals surface area contributed by atoms with Crippen LogP contribution < -0.4 is 4.74 Å². The number of benzene rings is 2. The zero-order valence-corrected chi connectivity index (χ0v) is 20.6. The Morgan fingerprint density at radius 2 is 1.94 bits per heavy atom. The molecule has 1 aliphatic rings. The van der Waals surface area contributed by atoms with Crippen LogP contribution in [0.5, 0.6) is 5.75 Å². The van der Waals surface area contributed by atoms with Gasteiger partial charge in [-0.25, -0.2) is 13.4 Å². The van der Waals surface area contributed by atoms with E-state index >= 15 is 0 Å². The van der Waals surface area contributed by atoms with Gasteiger partial charge in [0.2, 0.25) is 10.0 Å². The van der Waals surface area contributed by atoms with Crippen LogP contribution in [0.15, 0.2) is 52.5 Å². The normalized spacial score (nSPS) is 18.8. The number of imidazole rings is 1. The summed E-state index contributed by atoms with van der Waals surface area (Å²) in [6, 6.07) is 12.5. The lowest BCUT2D eigenvalue weighted by molar-refractivity contribution is -0.140. The minimum atomic E-state index is -3.63. The third kappa shape index (κ3) is 4.34. The topological polar surface area (TPSA) is 90.7 Å². The average molecular weight is 490 g/mol. The maximum Gasteiger partial charge on any atom is 0.319 e. The summed E-state index contributed by atoms with van der Waals surface area (Å²) in [5, 5.41) is 0.187. The number of esters is 1. The predicted octanol–water partition coefficient (Wildman–Crippen LogP) is 3.86. The van der Waals surface area contributed by atoms with Crippen LogP contribution in [0.25, 0.3) is 16.7 Å². The maximum atomic E-state index is 13.1. The number of aromatic nitrogens is 2. The van der Waals surface area contributed by atoms with Crippen molar-refractivity contribution in [2.75, 3.05) is 20.2 Å². The molecule has 0 aliphatic carbocycles. The molecule has 0 spiro atoms. The van der Waals surface area contributed by atoms with Crippen LogP contribution in [0.1, 0.15) is 27.2 Å². The molecule has 2 aromatic carbocycles. The zero-order chi connectivity index (χ0) is 23.8. The Hall–Kier alpha value is -2.56. The van der Waals surface area contributed by atoms with Crippen molar-refractivity contribution >= 4 is 38.8 Å². The molecule has 0 bridgehead atoms. The van der Waals surface area contributed by atoms with Crippen LogP contribution >= 0.6 is 11.8 Å². The number of rotatable bonds is 8. The fraction of sp³-hybridized carbons (Fsp3) is 0.391. The van der Waals surface area contributed by atoms with Crippen LogP contribution in [-0.4, -0.2) is 59.8 Å². The van der Waals surface area contributed by atoms with Crippen molar-refractivity contribution in [1.82, 2.24) is 13.9 Å². The van der Waals surface area contributed by atoms with E-state index in [-0.39, 0.29) is 22.2 Å². The first-order chi connectivity index (χ1) is 15.8. The molecule has 33 heavy (non-hydrogen) atoms. The number of hydrogen-bond acceptors (Lipinski definition) is 7. The Labute approximate surface area is 197 Å². The highest BCUT2D eigenvalue weighted by Crippen LogP contribution is 2.38. The van der Waals surface area contributed by atoms with E-state index in [9.17, 15) is 13.2 Å². The molecule has 176 valence electrons. The minimum Gasteiger partial charge on any atom is -0.495 e. The highest BCUT2D eigenvalue weighted by molar-refractivity contribution is 8.00. The second-order valence-corrected chi connectivity index (χ2v) is 10.8. The van der Waals surface area contributed by atoms with Gasteiger partial charge in [-0.1, -0.05) is 37.7 Å². The molecule has 2 atom stereocenters. The molecular weight excluding hydrogens is 462 g/mol. The standard InChI is InChI=1S/C23H27N3O5S2/c1-5-25(6-2)33(28,29)16-11-12-18-17(14-16)24-23(32-21-13-15(3)31-22(21)27)26(18)19-9-7-8-10-20(19)30-4/h7-12,14-15,21H,5-6,13H2,1-4H3/t15-,21-/m0/s1. The monoisotopic (exact) mass is 489 g/mol. The lowest BCUT2D eigenvalue weighted by Crippen LogP contribution is -2.30. The molecule has 10 heteroatoms. The Kier molecular flexibility index (Phi) is 6.69. The highest BCUT2D eigenvalue weighted by Gasteiger charge is 2.34. The molecule has 0 N–H and O–H groups in total. The number of methoxy groups -OCH3 is 1. The summed E-state index contributed by atoms with van der Waals surface area (Å²) in [5.41, 5.74) is 2.00. The van der Waals surface area contributed by atoms with Gasteiger partial charge in [0, 0.05) is 19.5 Å². The summed E-state index contributed by atoms with van der Waals surface area (Å²) in [6.07, 6.45) is 0.435. The van der Waals surface area contributed by atoms with Crippen molar-refractivity contribution in [2.24, 2.45) is 0 Å². The van der Waals surface area contributed by atoms with Crippen molar-refractivity contribution in [3.63, 3.8) is 0 Å². The van der Waals surface area contributed by atoms with E-state index in [0.717, 1.165) is 11.2 Å². The fourth-order valence-corrected chi connectivity index (χ4v) is 6.69. The largest absolute Gasteiger partial charge is 0.495 e. The Balaban J connectivity index is 1.88. The van der Waals surface area contributed by atoms with E-state index < -0.39 is 10.0 Å². The number of cyclic esters (lactones) is 1. The highest BCUT2D eigenvalue weighted by atomic mass is 32.2. The molecule has 0 unspecified atom stereocenters. The quantitative estimate of drug-likeness (QED) is 0.444.